The van der Waals surface area contributed by atoms with Crippen molar-refractivity contribution in [2.75, 3.05) is 23.0 Å². The van der Waals surface area contributed by atoms with E-state index in [0.717, 1.165) is 32.8 Å². The van der Waals surface area contributed by atoms with E-state index in [-0.39, 0.29) is 18.2 Å². The summed E-state index contributed by atoms with van der Waals surface area (Å²) in [6, 6.07) is 23.4. The van der Waals surface area contributed by atoms with E-state index in [1.807, 2.05) is 80.6 Å². The molecule has 178 valence electrons. The fourth-order valence-electron chi connectivity index (χ4n) is 4.37. The molecule has 0 bridgehead atoms. The smallest absolute Gasteiger partial charge is 0.234 e. The lowest BCUT2D eigenvalue weighted by Gasteiger charge is -2.23. The number of fused-ring (bicyclic) bond motifs is 1. The summed E-state index contributed by atoms with van der Waals surface area (Å²) in [5, 5.41) is 0.659. The summed E-state index contributed by atoms with van der Waals surface area (Å²) in [4.78, 5) is 35.0. The lowest BCUT2D eigenvalue weighted by Crippen LogP contribution is -2.37. The second-order valence-corrected chi connectivity index (χ2v) is 9.72. The summed E-state index contributed by atoms with van der Waals surface area (Å²) < 4.78 is 6.55. The van der Waals surface area contributed by atoms with Crippen LogP contribution in [0.3, 0.4) is 0 Å². The molecular weight excluding hydrogens is 458 g/mol. The molecule has 6 nitrogen and oxygen atoms in total. The van der Waals surface area contributed by atoms with Gasteiger partial charge in [-0.1, -0.05) is 47.7 Å². The fourth-order valence-corrected chi connectivity index (χ4v) is 5.44. The predicted molar refractivity (Wildman–Crippen MR) is 140 cm³/mol. The van der Waals surface area contributed by atoms with Gasteiger partial charge in [0, 0.05) is 18.7 Å². The maximum Gasteiger partial charge on any atom is 0.234 e. The normalized spacial score (nSPS) is 15.5. The monoisotopic (exact) mass is 485 g/mol. The molecule has 35 heavy (non-hydrogen) atoms. The molecule has 0 spiro atoms. The highest BCUT2D eigenvalue weighted by Gasteiger charge is 2.38. The van der Waals surface area contributed by atoms with E-state index in [4.69, 9.17) is 9.72 Å². The Morgan fingerprint density at radius 2 is 1.89 bits per heavy atom. The number of benzene rings is 3. The molecule has 3 aromatic carbocycles. The molecule has 0 aliphatic carbocycles. The van der Waals surface area contributed by atoms with Gasteiger partial charge in [0.05, 0.1) is 29.3 Å². The third kappa shape index (κ3) is 4.91. The first-order valence-electron chi connectivity index (χ1n) is 11.8. The molecule has 1 aliphatic rings. The Labute approximate surface area is 208 Å². The van der Waals surface area contributed by atoms with Gasteiger partial charge in [0.2, 0.25) is 11.8 Å². The van der Waals surface area contributed by atoms with Crippen LogP contribution >= 0.6 is 11.3 Å². The van der Waals surface area contributed by atoms with Gasteiger partial charge in [0.25, 0.3) is 0 Å². The van der Waals surface area contributed by atoms with E-state index in [0.29, 0.717) is 24.8 Å². The van der Waals surface area contributed by atoms with Crippen LogP contribution in [-0.2, 0) is 16.1 Å². The fraction of sp³-hybridized carbons (Fsp3) is 0.250. The van der Waals surface area contributed by atoms with Crippen LogP contribution in [0.1, 0.15) is 24.5 Å². The van der Waals surface area contributed by atoms with Crippen molar-refractivity contribution >= 4 is 44.2 Å². The van der Waals surface area contributed by atoms with Crippen LogP contribution in [0.25, 0.3) is 10.2 Å². The zero-order chi connectivity index (χ0) is 24.4. The van der Waals surface area contributed by atoms with Gasteiger partial charge in [-0.3, -0.25) is 14.5 Å². The van der Waals surface area contributed by atoms with Crippen molar-refractivity contribution in [2.24, 2.45) is 5.92 Å². The number of ether oxygens (including phenoxy) is 1. The lowest BCUT2D eigenvalue weighted by atomic mass is 10.1. The summed E-state index contributed by atoms with van der Waals surface area (Å²) in [7, 11) is 0. The number of amides is 2. The van der Waals surface area contributed by atoms with Gasteiger partial charge in [-0.2, -0.15) is 0 Å². The summed E-state index contributed by atoms with van der Waals surface area (Å²) in [6.45, 7) is 5.32. The first-order chi connectivity index (χ1) is 17.0. The molecule has 4 aromatic rings. The van der Waals surface area contributed by atoms with Crippen molar-refractivity contribution in [1.82, 2.24) is 4.98 Å². The van der Waals surface area contributed by atoms with Crippen molar-refractivity contribution < 1.29 is 14.3 Å². The second-order valence-electron chi connectivity index (χ2n) is 8.71. The van der Waals surface area contributed by atoms with Crippen LogP contribution in [0.4, 0.5) is 10.8 Å². The summed E-state index contributed by atoms with van der Waals surface area (Å²) in [5.41, 5.74) is 3.82. The average molecular weight is 486 g/mol. The minimum Gasteiger partial charge on any atom is -0.494 e. The second kappa shape index (κ2) is 9.88. The number of carbonyl (C=O) groups is 2. The van der Waals surface area contributed by atoms with E-state index < -0.39 is 5.92 Å². The number of nitrogens with zero attached hydrogens (tertiary/aromatic N) is 3. The molecular formula is C28H27N3O3S. The van der Waals surface area contributed by atoms with Crippen LogP contribution < -0.4 is 14.5 Å². The minimum absolute atomic E-state index is 0.0490. The Hall–Kier alpha value is -3.71. The molecule has 1 atom stereocenters. The van der Waals surface area contributed by atoms with Gasteiger partial charge in [-0.15, -0.1) is 0 Å². The van der Waals surface area contributed by atoms with Gasteiger partial charge in [-0.25, -0.2) is 4.98 Å². The third-order valence-electron chi connectivity index (χ3n) is 6.15. The summed E-state index contributed by atoms with van der Waals surface area (Å²) >= 11 is 1.51. The van der Waals surface area contributed by atoms with Crippen molar-refractivity contribution in [3.8, 4) is 5.75 Å². The van der Waals surface area contributed by atoms with E-state index >= 15 is 0 Å². The molecule has 2 heterocycles. The number of hydrogen-bond acceptors (Lipinski definition) is 5. The molecule has 1 saturated heterocycles. The van der Waals surface area contributed by atoms with Crippen LogP contribution in [0.5, 0.6) is 5.75 Å². The number of anilines is 2. The van der Waals surface area contributed by atoms with Crippen molar-refractivity contribution in [1.29, 1.82) is 0 Å². The first kappa shape index (κ1) is 23.1. The largest absolute Gasteiger partial charge is 0.494 e. The Bertz CT molecular complexity index is 1350. The first-order valence-corrected chi connectivity index (χ1v) is 12.6. The van der Waals surface area contributed by atoms with Crippen LogP contribution in [0, 0.1) is 12.8 Å². The highest BCUT2D eigenvalue weighted by Crippen LogP contribution is 2.34. The number of thiazole rings is 1. The number of aromatic nitrogens is 1. The molecule has 1 fully saturated rings. The van der Waals surface area contributed by atoms with Gasteiger partial charge in [-0.05, 0) is 61.4 Å². The van der Waals surface area contributed by atoms with Crippen LogP contribution in [0.2, 0.25) is 0 Å². The Balaban J connectivity index is 1.42. The third-order valence-corrected chi connectivity index (χ3v) is 7.19. The highest BCUT2D eigenvalue weighted by molar-refractivity contribution is 7.22. The van der Waals surface area contributed by atoms with E-state index in [1.54, 1.807) is 9.80 Å². The Morgan fingerprint density at radius 1 is 1.11 bits per heavy atom. The lowest BCUT2D eigenvalue weighted by molar-refractivity contribution is -0.124. The molecule has 1 aliphatic heterocycles. The van der Waals surface area contributed by atoms with Crippen molar-refractivity contribution in [2.45, 2.75) is 26.8 Å². The topological polar surface area (TPSA) is 62.7 Å². The Kier molecular flexibility index (Phi) is 6.51. The molecule has 1 aromatic heterocycles. The maximum atomic E-state index is 13.8. The highest BCUT2D eigenvalue weighted by atomic mass is 32.1. The number of rotatable bonds is 7. The molecule has 5 rings (SSSR count). The summed E-state index contributed by atoms with van der Waals surface area (Å²) in [5.74, 6) is 0.195. The molecule has 0 N–H and O–H groups in total. The van der Waals surface area contributed by atoms with E-state index in [1.165, 1.54) is 11.3 Å². The maximum absolute atomic E-state index is 13.8. The number of hydrogen-bond donors (Lipinski definition) is 0. The molecule has 0 radical (unpaired) electrons. The molecule has 1 unspecified atom stereocenters. The minimum atomic E-state index is -0.438. The number of carbonyl (C=O) groups excluding carboxylic acids is 2. The molecule has 7 heteroatoms. The molecule has 0 saturated carbocycles. The standard InChI is InChI=1S/C28H27N3O3S/c1-3-34-23-12-10-22(11-13-23)30-18-21(16-26(30)32)27(33)31(17-20-7-5-4-6-8-20)28-29-24-14-9-19(2)15-25(24)35-28/h4-15,21H,3,16-18H2,1-2H3. The zero-order valence-corrected chi connectivity index (χ0v) is 20.6. The predicted octanol–water partition coefficient (Wildman–Crippen LogP) is 5.59. The van der Waals surface area contributed by atoms with Crippen molar-refractivity contribution in [3.05, 3.63) is 83.9 Å². The summed E-state index contributed by atoms with van der Waals surface area (Å²) in [6.07, 6.45) is 0.182. The zero-order valence-electron chi connectivity index (χ0n) is 19.8. The van der Waals surface area contributed by atoms with E-state index in [9.17, 15) is 9.59 Å². The number of aryl methyl sites for hydroxylation is 1. The van der Waals surface area contributed by atoms with Gasteiger partial charge < -0.3 is 9.64 Å². The van der Waals surface area contributed by atoms with Crippen LogP contribution in [-0.4, -0.2) is 29.9 Å². The SMILES string of the molecule is CCOc1ccc(N2CC(C(=O)N(Cc3ccccc3)c3nc4ccc(C)cc4s3)CC2=O)cc1. The van der Waals surface area contributed by atoms with Gasteiger partial charge in [0.15, 0.2) is 5.13 Å². The van der Waals surface area contributed by atoms with Crippen LogP contribution in [0.15, 0.2) is 72.8 Å². The quantitative estimate of drug-likeness (QED) is 0.342. The Morgan fingerprint density at radius 3 is 2.63 bits per heavy atom. The van der Waals surface area contributed by atoms with E-state index in [2.05, 4.69) is 6.07 Å². The van der Waals surface area contributed by atoms with Crippen molar-refractivity contribution in [3.63, 3.8) is 0 Å². The average Bonchev–Trinajstić information content (AvgIpc) is 3.46. The molecule has 2 amide bonds. The van der Waals surface area contributed by atoms with Gasteiger partial charge >= 0.3 is 0 Å². The van der Waals surface area contributed by atoms with Gasteiger partial charge in [0.1, 0.15) is 5.75 Å².